The maximum Gasteiger partial charge on any atom is 0.260 e. The first kappa shape index (κ1) is 20.6. The normalized spacial score (nSPS) is 13.6. The number of fused-ring (bicyclic) bond motifs is 1. The van der Waals surface area contributed by atoms with E-state index in [9.17, 15) is 4.79 Å². The highest BCUT2D eigenvalue weighted by Crippen LogP contribution is 2.29. The Balaban J connectivity index is 1.61. The van der Waals surface area contributed by atoms with Gasteiger partial charge in [0.05, 0.1) is 11.6 Å². The van der Waals surface area contributed by atoms with Gasteiger partial charge in [-0.05, 0) is 37.0 Å². The van der Waals surface area contributed by atoms with E-state index in [0.717, 1.165) is 39.9 Å². The van der Waals surface area contributed by atoms with Crippen LogP contribution in [0.4, 0.5) is 0 Å². The second-order valence-electron chi connectivity index (χ2n) is 7.89. The molecule has 0 radical (unpaired) electrons. The van der Waals surface area contributed by atoms with Crippen molar-refractivity contribution in [2.75, 3.05) is 0 Å². The van der Waals surface area contributed by atoms with Gasteiger partial charge in [0, 0.05) is 10.4 Å². The number of furan rings is 1. The van der Waals surface area contributed by atoms with E-state index in [1.807, 2.05) is 30.3 Å². The van der Waals surface area contributed by atoms with Gasteiger partial charge < -0.3 is 14.7 Å². The summed E-state index contributed by atoms with van der Waals surface area (Å²) < 4.78 is 5.68. The topological polar surface area (TPSA) is 75.5 Å². The number of quaternary nitrogens is 1. The molecule has 4 rings (SSSR count). The Bertz CT molecular complexity index is 1160. The lowest BCUT2D eigenvalue weighted by Crippen LogP contribution is -2.84. The van der Waals surface area contributed by atoms with Crippen LogP contribution in [0.25, 0.3) is 10.2 Å². The molecule has 1 aromatic carbocycles. The zero-order valence-electron chi connectivity index (χ0n) is 17.6. The van der Waals surface area contributed by atoms with Crippen LogP contribution in [0.15, 0.2) is 57.9 Å². The number of H-pyrrole nitrogens is 1. The molecule has 0 aliphatic heterocycles. The van der Waals surface area contributed by atoms with Gasteiger partial charge in [0.15, 0.2) is 17.6 Å². The van der Waals surface area contributed by atoms with E-state index >= 15 is 0 Å². The summed E-state index contributed by atoms with van der Waals surface area (Å²) in [7, 11) is 0. The SMILES string of the molecule is CC[C@H](C)Cc1c(C)sc2nc(C[NH2+][C@H](c3ccccc3)c3ccco3)[nH]c(=O)c12. The molecule has 6 heteroatoms. The van der Waals surface area contributed by atoms with Crippen LogP contribution in [0.2, 0.25) is 0 Å². The van der Waals surface area contributed by atoms with Gasteiger partial charge in [-0.2, -0.15) is 0 Å². The molecule has 0 saturated heterocycles. The molecule has 30 heavy (non-hydrogen) atoms. The lowest BCUT2D eigenvalue weighted by atomic mass is 9.98. The fraction of sp³-hybridized carbons (Fsp3) is 0.333. The number of hydrogen-bond acceptors (Lipinski definition) is 4. The van der Waals surface area contributed by atoms with Gasteiger partial charge in [-0.25, -0.2) is 4.98 Å². The number of hydrogen-bond donors (Lipinski definition) is 2. The lowest BCUT2D eigenvalue weighted by Gasteiger charge is -2.13. The Morgan fingerprint density at radius 1 is 1.20 bits per heavy atom. The molecule has 156 valence electrons. The van der Waals surface area contributed by atoms with Crippen molar-refractivity contribution in [3.63, 3.8) is 0 Å². The summed E-state index contributed by atoms with van der Waals surface area (Å²) in [5.41, 5.74) is 2.28. The van der Waals surface area contributed by atoms with Gasteiger partial charge in [0.2, 0.25) is 0 Å². The van der Waals surface area contributed by atoms with Crippen LogP contribution in [0.5, 0.6) is 0 Å². The van der Waals surface area contributed by atoms with Gasteiger partial charge >= 0.3 is 0 Å². The fourth-order valence-electron chi connectivity index (χ4n) is 3.83. The van der Waals surface area contributed by atoms with E-state index < -0.39 is 0 Å². The Labute approximate surface area is 180 Å². The molecule has 3 heterocycles. The number of benzene rings is 1. The molecule has 0 saturated carbocycles. The number of nitrogens with one attached hydrogen (secondary N) is 1. The van der Waals surface area contributed by atoms with Crippen LogP contribution in [-0.2, 0) is 13.0 Å². The largest absolute Gasteiger partial charge is 0.463 e. The zero-order valence-corrected chi connectivity index (χ0v) is 18.5. The van der Waals surface area contributed by atoms with Crippen molar-refractivity contribution in [1.82, 2.24) is 9.97 Å². The second kappa shape index (κ2) is 8.98. The quantitative estimate of drug-likeness (QED) is 0.444. The molecule has 0 amide bonds. The average molecular weight is 423 g/mol. The molecule has 0 spiro atoms. The Morgan fingerprint density at radius 2 is 2.00 bits per heavy atom. The van der Waals surface area contributed by atoms with E-state index in [-0.39, 0.29) is 11.6 Å². The Hall–Kier alpha value is -2.70. The number of nitrogens with zero attached hydrogens (tertiary/aromatic N) is 1. The van der Waals surface area contributed by atoms with E-state index in [0.29, 0.717) is 18.3 Å². The van der Waals surface area contributed by atoms with E-state index in [1.165, 1.54) is 4.88 Å². The number of aromatic nitrogens is 2. The smallest absolute Gasteiger partial charge is 0.260 e. The van der Waals surface area contributed by atoms with Crippen LogP contribution in [0, 0.1) is 12.8 Å². The van der Waals surface area contributed by atoms with Crippen molar-refractivity contribution >= 4 is 21.6 Å². The summed E-state index contributed by atoms with van der Waals surface area (Å²) in [6.45, 7) is 7.07. The monoisotopic (exact) mass is 422 g/mol. The highest BCUT2D eigenvalue weighted by Gasteiger charge is 2.22. The number of aryl methyl sites for hydroxylation is 1. The molecule has 3 aromatic heterocycles. The molecule has 2 atom stereocenters. The van der Waals surface area contributed by atoms with Gasteiger partial charge in [-0.3, -0.25) is 4.79 Å². The van der Waals surface area contributed by atoms with Crippen LogP contribution in [-0.4, -0.2) is 9.97 Å². The molecule has 4 aromatic rings. The summed E-state index contributed by atoms with van der Waals surface area (Å²) in [5, 5.41) is 2.92. The van der Waals surface area contributed by atoms with Gasteiger partial charge in [-0.1, -0.05) is 50.6 Å². The summed E-state index contributed by atoms with van der Waals surface area (Å²) in [5.74, 6) is 2.12. The average Bonchev–Trinajstić information content (AvgIpc) is 3.37. The summed E-state index contributed by atoms with van der Waals surface area (Å²) in [6.07, 6.45) is 3.72. The first-order valence-electron chi connectivity index (χ1n) is 10.5. The van der Waals surface area contributed by atoms with Crippen LogP contribution in [0.1, 0.15) is 53.9 Å². The predicted octanol–water partition coefficient (Wildman–Crippen LogP) is 4.33. The fourth-order valence-corrected chi connectivity index (χ4v) is 4.90. The highest BCUT2D eigenvalue weighted by molar-refractivity contribution is 7.18. The minimum Gasteiger partial charge on any atom is -0.463 e. The molecule has 0 fully saturated rings. The maximum atomic E-state index is 12.9. The Morgan fingerprint density at radius 3 is 2.70 bits per heavy atom. The van der Waals surface area contributed by atoms with Crippen molar-refractivity contribution in [2.45, 2.75) is 46.2 Å². The molecule has 3 N–H and O–H groups in total. The molecular formula is C24H28N3O2S+. The third-order valence-electron chi connectivity index (χ3n) is 5.72. The van der Waals surface area contributed by atoms with Crippen LogP contribution in [0.3, 0.4) is 0 Å². The summed E-state index contributed by atoms with van der Waals surface area (Å²) >= 11 is 1.62. The summed E-state index contributed by atoms with van der Waals surface area (Å²) in [4.78, 5) is 22.8. The lowest BCUT2D eigenvalue weighted by molar-refractivity contribution is -0.705. The van der Waals surface area contributed by atoms with E-state index in [4.69, 9.17) is 9.40 Å². The van der Waals surface area contributed by atoms with E-state index in [1.54, 1.807) is 17.6 Å². The maximum absolute atomic E-state index is 12.9. The molecule has 0 unspecified atom stereocenters. The predicted molar refractivity (Wildman–Crippen MR) is 121 cm³/mol. The van der Waals surface area contributed by atoms with Gasteiger partial charge in [0.1, 0.15) is 11.4 Å². The third-order valence-corrected chi connectivity index (χ3v) is 6.76. The molecular weight excluding hydrogens is 394 g/mol. The number of aromatic amines is 1. The highest BCUT2D eigenvalue weighted by atomic mass is 32.1. The summed E-state index contributed by atoms with van der Waals surface area (Å²) in [6, 6.07) is 14.1. The Kier molecular flexibility index (Phi) is 6.16. The second-order valence-corrected chi connectivity index (χ2v) is 9.09. The van der Waals surface area contributed by atoms with Crippen molar-refractivity contribution < 1.29 is 9.73 Å². The molecule has 0 aliphatic rings. The minimum absolute atomic E-state index is 0.00763. The molecule has 0 bridgehead atoms. The first-order valence-corrected chi connectivity index (χ1v) is 11.3. The van der Waals surface area contributed by atoms with Crippen molar-refractivity contribution in [1.29, 1.82) is 0 Å². The van der Waals surface area contributed by atoms with Crippen molar-refractivity contribution in [3.05, 3.63) is 86.7 Å². The third kappa shape index (κ3) is 4.25. The number of rotatable bonds is 8. The molecule has 0 aliphatic carbocycles. The van der Waals surface area contributed by atoms with Gasteiger partial charge in [-0.15, -0.1) is 11.3 Å². The first-order chi connectivity index (χ1) is 14.6. The van der Waals surface area contributed by atoms with Crippen molar-refractivity contribution in [3.8, 4) is 0 Å². The van der Waals surface area contributed by atoms with Gasteiger partial charge in [0.25, 0.3) is 5.56 Å². The van der Waals surface area contributed by atoms with Crippen LogP contribution >= 0.6 is 11.3 Å². The zero-order chi connectivity index (χ0) is 21.1. The standard InChI is InChI=1S/C24H27N3O2S/c1-4-15(2)13-18-16(3)30-24-21(18)23(28)26-20(27-24)14-25-22(19-11-8-12-29-19)17-9-6-5-7-10-17/h5-12,15,22,25H,4,13-14H2,1-3H3,(H,26,27,28)/p+1/t15-,22+/m0/s1. The van der Waals surface area contributed by atoms with Crippen molar-refractivity contribution in [2.24, 2.45) is 5.92 Å². The number of thiophene rings is 1. The van der Waals surface area contributed by atoms with Crippen LogP contribution < -0.4 is 10.9 Å². The minimum atomic E-state index is -0.0275. The number of nitrogens with two attached hydrogens (primary N) is 1. The van der Waals surface area contributed by atoms with E-state index in [2.05, 4.69) is 43.2 Å². The molecule has 5 nitrogen and oxygen atoms in total.